The minimum absolute atomic E-state index is 0.0634. The summed E-state index contributed by atoms with van der Waals surface area (Å²) in [5.41, 5.74) is 6.18. The van der Waals surface area contributed by atoms with E-state index >= 15 is 0 Å². The van der Waals surface area contributed by atoms with Crippen molar-refractivity contribution in [3.63, 3.8) is 0 Å². The first kappa shape index (κ1) is 21.0. The van der Waals surface area contributed by atoms with Gasteiger partial charge in [-0.15, -0.1) is 11.3 Å². The van der Waals surface area contributed by atoms with Crippen LogP contribution in [-0.2, 0) is 12.0 Å². The van der Waals surface area contributed by atoms with E-state index in [1.165, 1.54) is 5.56 Å². The minimum atomic E-state index is -0.0634. The van der Waals surface area contributed by atoms with Gasteiger partial charge in [-0.3, -0.25) is 4.79 Å². The molecule has 4 rings (SSSR count). The maximum atomic E-state index is 12.6. The summed E-state index contributed by atoms with van der Waals surface area (Å²) in [7, 11) is 0. The molecule has 156 valence electrons. The normalized spacial score (nSPS) is 11.3. The number of nitrogens with one attached hydrogen (secondary N) is 1. The molecular weight excluding hydrogens is 400 g/mol. The topological polar surface area (TPSA) is 42.0 Å². The predicted molar refractivity (Wildman–Crippen MR) is 129 cm³/mol. The Morgan fingerprint density at radius 2 is 1.61 bits per heavy atom. The van der Waals surface area contributed by atoms with Gasteiger partial charge in [-0.1, -0.05) is 81.4 Å². The van der Waals surface area contributed by atoms with Gasteiger partial charge in [0.05, 0.1) is 5.69 Å². The van der Waals surface area contributed by atoms with Crippen molar-refractivity contribution >= 4 is 17.2 Å². The molecule has 0 spiro atoms. The molecular formula is C27H26N2OS. The monoisotopic (exact) mass is 426 g/mol. The SMILES string of the molecule is CC(C)(C)c1ccc(C(=O)NCc2cccc(-c3nc(-c4ccccc4)cs3)c2)cc1. The maximum absolute atomic E-state index is 12.6. The second-order valence-electron chi connectivity index (χ2n) is 8.61. The molecule has 1 heterocycles. The Kier molecular flexibility index (Phi) is 6.01. The first-order chi connectivity index (χ1) is 14.9. The highest BCUT2D eigenvalue weighted by atomic mass is 32.1. The van der Waals surface area contributed by atoms with Gasteiger partial charge >= 0.3 is 0 Å². The minimum Gasteiger partial charge on any atom is -0.348 e. The number of nitrogens with zero attached hydrogens (tertiary/aromatic N) is 1. The number of hydrogen-bond acceptors (Lipinski definition) is 3. The quantitative estimate of drug-likeness (QED) is 0.385. The fraction of sp³-hybridized carbons (Fsp3) is 0.185. The molecule has 0 fully saturated rings. The van der Waals surface area contributed by atoms with Crippen LogP contribution in [0.15, 0.2) is 84.2 Å². The van der Waals surface area contributed by atoms with E-state index < -0.39 is 0 Å². The number of benzene rings is 3. The number of aromatic nitrogens is 1. The first-order valence-corrected chi connectivity index (χ1v) is 11.3. The Morgan fingerprint density at radius 3 is 2.32 bits per heavy atom. The predicted octanol–water partition coefficient (Wildman–Crippen LogP) is 6.70. The molecule has 0 radical (unpaired) electrons. The fourth-order valence-corrected chi connectivity index (χ4v) is 4.19. The molecule has 0 atom stereocenters. The highest BCUT2D eigenvalue weighted by Gasteiger charge is 2.14. The largest absolute Gasteiger partial charge is 0.348 e. The zero-order valence-corrected chi connectivity index (χ0v) is 18.9. The molecule has 0 bridgehead atoms. The molecule has 3 aromatic carbocycles. The van der Waals surface area contributed by atoms with Crippen molar-refractivity contribution in [1.29, 1.82) is 0 Å². The maximum Gasteiger partial charge on any atom is 0.251 e. The van der Waals surface area contributed by atoms with Gasteiger partial charge in [0.1, 0.15) is 5.01 Å². The van der Waals surface area contributed by atoms with Crippen LogP contribution in [0, 0.1) is 0 Å². The van der Waals surface area contributed by atoms with Crippen molar-refractivity contribution in [3.8, 4) is 21.8 Å². The van der Waals surface area contributed by atoms with Crippen molar-refractivity contribution in [2.45, 2.75) is 32.7 Å². The van der Waals surface area contributed by atoms with Crippen molar-refractivity contribution in [3.05, 3.63) is 101 Å². The first-order valence-electron chi connectivity index (χ1n) is 10.4. The second kappa shape index (κ2) is 8.86. The van der Waals surface area contributed by atoms with Gasteiger partial charge < -0.3 is 5.32 Å². The van der Waals surface area contributed by atoms with Gasteiger partial charge in [0.2, 0.25) is 0 Å². The number of hydrogen-bond donors (Lipinski definition) is 1. The Morgan fingerprint density at radius 1 is 0.903 bits per heavy atom. The number of carbonyl (C=O) groups is 1. The van der Waals surface area contributed by atoms with Crippen LogP contribution in [0.5, 0.6) is 0 Å². The van der Waals surface area contributed by atoms with Gasteiger partial charge in [-0.25, -0.2) is 4.98 Å². The number of carbonyl (C=O) groups excluding carboxylic acids is 1. The van der Waals surface area contributed by atoms with E-state index in [0.29, 0.717) is 12.1 Å². The molecule has 4 aromatic rings. The third-order valence-electron chi connectivity index (χ3n) is 5.21. The number of amides is 1. The lowest BCUT2D eigenvalue weighted by Gasteiger charge is -2.19. The zero-order valence-electron chi connectivity index (χ0n) is 18.1. The number of thiazole rings is 1. The van der Waals surface area contributed by atoms with Crippen LogP contribution in [0.25, 0.3) is 21.8 Å². The van der Waals surface area contributed by atoms with E-state index in [0.717, 1.165) is 27.4 Å². The lowest BCUT2D eigenvalue weighted by Crippen LogP contribution is -2.23. The van der Waals surface area contributed by atoms with Crippen LogP contribution < -0.4 is 5.32 Å². The molecule has 4 heteroatoms. The van der Waals surface area contributed by atoms with Crippen LogP contribution in [0.2, 0.25) is 0 Å². The van der Waals surface area contributed by atoms with E-state index in [4.69, 9.17) is 4.98 Å². The third kappa shape index (κ3) is 5.09. The van der Waals surface area contributed by atoms with Crippen LogP contribution in [0.1, 0.15) is 42.3 Å². The smallest absolute Gasteiger partial charge is 0.251 e. The van der Waals surface area contributed by atoms with E-state index in [1.54, 1.807) is 11.3 Å². The average molecular weight is 427 g/mol. The lowest BCUT2D eigenvalue weighted by molar-refractivity contribution is 0.0951. The molecule has 0 saturated carbocycles. The van der Waals surface area contributed by atoms with Crippen LogP contribution in [0.3, 0.4) is 0 Å². The van der Waals surface area contributed by atoms with Gasteiger partial charge in [-0.05, 0) is 34.7 Å². The molecule has 31 heavy (non-hydrogen) atoms. The number of rotatable bonds is 5. The standard InChI is InChI=1S/C27H26N2OS/c1-27(2,3)23-14-12-21(13-15-23)25(30)28-17-19-8-7-11-22(16-19)26-29-24(18-31-26)20-9-5-4-6-10-20/h4-16,18H,17H2,1-3H3,(H,28,30). The summed E-state index contributed by atoms with van der Waals surface area (Å²) in [6.07, 6.45) is 0. The highest BCUT2D eigenvalue weighted by molar-refractivity contribution is 7.13. The molecule has 0 aliphatic rings. The molecule has 0 aliphatic carbocycles. The third-order valence-corrected chi connectivity index (χ3v) is 6.11. The van der Waals surface area contributed by atoms with Crippen molar-refractivity contribution in [2.24, 2.45) is 0 Å². The Labute approximate surface area is 187 Å². The summed E-state index contributed by atoms with van der Waals surface area (Å²) >= 11 is 1.63. The summed E-state index contributed by atoms with van der Waals surface area (Å²) in [6, 6.07) is 26.2. The molecule has 0 unspecified atom stereocenters. The molecule has 1 N–H and O–H groups in total. The fourth-order valence-electron chi connectivity index (χ4n) is 3.37. The molecule has 0 aliphatic heterocycles. The average Bonchev–Trinajstić information content (AvgIpc) is 3.28. The highest BCUT2D eigenvalue weighted by Crippen LogP contribution is 2.29. The van der Waals surface area contributed by atoms with Crippen LogP contribution in [0.4, 0.5) is 0 Å². The van der Waals surface area contributed by atoms with Crippen LogP contribution >= 0.6 is 11.3 Å². The van der Waals surface area contributed by atoms with Gasteiger partial charge in [-0.2, -0.15) is 0 Å². The van der Waals surface area contributed by atoms with Gasteiger partial charge in [0, 0.05) is 28.6 Å². The summed E-state index contributed by atoms with van der Waals surface area (Å²) in [5, 5.41) is 6.09. The van der Waals surface area contributed by atoms with Gasteiger partial charge in [0.15, 0.2) is 0 Å². The zero-order chi connectivity index (χ0) is 21.8. The van der Waals surface area contributed by atoms with Crippen molar-refractivity contribution in [2.75, 3.05) is 0 Å². The van der Waals surface area contributed by atoms with E-state index in [-0.39, 0.29) is 11.3 Å². The Bertz CT molecular complexity index is 1170. The van der Waals surface area contributed by atoms with Crippen molar-refractivity contribution < 1.29 is 4.79 Å². The summed E-state index contributed by atoms with van der Waals surface area (Å²) < 4.78 is 0. The summed E-state index contributed by atoms with van der Waals surface area (Å²) in [6.45, 7) is 6.98. The Hall–Kier alpha value is -3.24. The molecule has 3 nitrogen and oxygen atoms in total. The van der Waals surface area contributed by atoms with E-state index in [1.807, 2.05) is 54.6 Å². The summed E-state index contributed by atoms with van der Waals surface area (Å²) in [4.78, 5) is 17.4. The Balaban J connectivity index is 1.43. The van der Waals surface area contributed by atoms with Gasteiger partial charge in [0.25, 0.3) is 5.91 Å². The van der Waals surface area contributed by atoms with Crippen LogP contribution in [-0.4, -0.2) is 10.9 Å². The summed E-state index contributed by atoms with van der Waals surface area (Å²) in [5.74, 6) is -0.0634. The second-order valence-corrected chi connectivity index (χ2v) is 9.47. The van der Waals surface area contributed by atoms with E-state index in [9.17, 15) is 4.79 Å². The molecule has 1 aromatic heterocycles. The molecule has 0 saturated heterocycles. The van der Waals surface area contributed by atoms with E-state index in [2.05, 4.69) is 55.7 Å². The lowest BCUT2D eigenvalue weighted by atomic mass is 9.87. The molecule has 1 amide bonds. The van der Waals surface area contributed by atoms with Crippen molar-refractivity contribution in [1.82, 2.24) is 10.3 Å².